The average molecular weight is 141 g/mol. The summed E-state index contributed by atoms with van der Waals surface area (Å²) >= 11 is 0.719. The molecule has 0 spiro atoms. The zero-order valence-electron chi connectivity index (χ0n) is 5.78. The smallest absolute Gasteiger partial charge is 0.286 e. The quantitative estimate of drug-likeness (QED) is 0.389. The molecular weight excluding hydrogens is 129 g/mol. The number of hydrogen-bond acceptors (Lipinski definition) is 2. The van der Waals surface area contributed by atoms with Gasteiger partial charge in [-0.3, -0.25) is 0 Å². The van der Waals surface area contributed by atoms with Crippen LogP contribution in [0.3, 0.4) is 0 Å². The fraction of sp³-hybridized carbons (Fsp3) is 0.833. The zero-order chi connectivity index (χ0) is 6.91. The first-order valence-electron chi connectivity index (χ1n) is 3.43. The Morgan fingerprint density at radius 3 is 2.11 bits per heavy atom. The van der Waals surface area contributed by atoms with Crippen molar-refractivity contribution >= 4 is 20.9 Å². The van der Waals surface area contributed by atoms with Gasteiger partial charge in [0.15, 0.2) is 0 Å². The Morgan fingerprint density at radius 2 is 1.89 bits per heavy atom. The molecule has 1 fully saturated rings. The standard InChI is InChI=1S/C6H10NO.Al.2H/c7-5-6(8)3-1-2-4-6;;;/h7-8H,1-4H2;;;. The van der Waals surface area contributed by atoms with Gasteiger partial charge < -0.3 is 10.5 Å². The van der Waals surface area contributed by atoms with Crippen molar-refractivity contribution in [3.8, 4) is 0 Å². The molecule has 0 saturated heterocycles. The monoisotopic (exact) mass is 141 g/mol. The van der Waals surface area contributed by atoms with E-state index in [4.69, 9.17) is 5.41 Å². The van der Waals surface area contributed by atoms with Crippen LogP contribution in [-0.2, 0) is 0 Å². The molecule has 1 aliphatic carbocycles. The Hall–Kier alpha value is 0.162. The van der Waals surface area contributed by atoms with Crippen LogP contribution in [0.15, 0.2) is 0 Å². The number of rotatable bonds is 1. The van der Waals surface area contributed by atoms with Crippen molar-refractivity contribution < 1.29 is 5.11 Å². The maximum atomic E-state index is 9.58. The van der Waals surface area contributed by atoms with E-state index >= 15 is 0 Å². The molecule has 2 N–H and O–H groups in total. The highest BCUT2D eigenvalue weighted by atomic mass is 27.0. The highest BCUT2D eigenvalue weighted by Crippen LogP contribution is 2.29. The van der Waals surface area contributed by atoms with Crippen molar-refractivity contribution in [1.82, 2.24) is 0 Å². The van der Waals surface area contributed by atoms with Crippen LogP contribution in [0.4, 0.5) is 0 Å². The maximum absolute atomic E-state index is 9.58. The number of aliphatic hydroxyl groups is 1. The molecule has 1 aliphatic rings. The van der Waals surface area contributed by atoms with E-state index in [2.05, 4.69) is 0 Å². The van der Waals surface area contributed by atoms with E-state index < -0.39 is 5.60 Å². The molecule has 50 valence electrons. The first kappa shape index (κ1) is 7.27. The van der Waals surface area contributed by atoms with Crippen molar-refractivity contribution in [3.63, 3.8) is 0 Å². The normalized spacial score (nSPS) is 24.1. The Labute approximate surface area is 63.2 Å². The van der Waals surface area contributed by atoms with Crippen molar-refractivity contribution in [2.24, 2.45) is 0 Å². The lowest BCUT2D eigenvalue weighted by molar-refractivity contribution is 0.122. The summed E-state index contributed by atoms with van der Waals surface area (Å²) < 4.78 is 0.569. The molecule has 9 heavy (non-hydrogen) atoms. The van der Waals surface area contributed by atoms with Gasteiger partial charge >= 0.3 is 0 Å². The molecule has 0 heterocycles. The summed E-state index contributed by atoms with van der Waals surface area (Å²) in [6.45, 7) is 0. The SMILES string of the molecule is N=[C]([AlH2])C1(O)CCCC1. The predicted molar refractivity (Wildman–Crippen MR) is 39.7 cm³/mol. The van der Waals surface area contributed by atoms with Gasteiger partial charge in [0.2, 0.25) is 0 Å². The van der Waals surface area contributed by atoms with Crippen molar-refractivity contribution in [2.75, 3.05) is 0 Å². The number of nitrogens with one attached hydrogen (secondary N) is 1. The lowest BCUT2D eigenvalue weighted by Crippen LogP contribution is -2.34. The lowest BCUT2D eigenvalue weighted by Gasteiger charge is -2.20. The van der Waals surface area contributed by atoms with Crippen LogP contribution in [0.1, 0.15) is 25.7 Å². The predicted octanol–water partition coefficient (Wildman–Crippen LogP) is -0.0981. The molecule has 1 rings (SSSR count). The Bertz CT molecular complexity index is 129. The molecule has 0 atom stereocenters. The van der Waals surface area contributed by atoms with E-state index in [1.54, 1.807) is 0 Å². The molecule has 2 nitrogen and oxygen atoms in total. The molecule has 0 radical (unpaired) electrons. The minimum atomic E-state index is -0.660. The largest absolute Gasteiger partial charge is 0.386 e. The third kappa shape index (κ3) is 1.35. The third-order valence-electron chi connectivity index (χ3n) is 2.13. The fourth-order valence-electron chi connectivity index (χ4n) is 1.33. The van der Waals surface area contributed by atoms with Crippen molar-refractivity contribution in [1.29, 1.82) is 5.41 Å². The topological polar surface area (TPSA) is 44.1 Å². The lowest BCUT2D eigenvalue weighted by atomic mass is 10.1. The van der Waals surface area contributed by atoms with Gasteiger partial charge in [-0.1, -0.05) is 12.8 Å². The second-order valence-electron chi connectivity index (χ2n) is 2.86. The molecule has 0 unspecified atom stereocenters. The summed E-state index contributed by atoms with van der Waals surface area (Å²) in [5, 5.41) is 16.9. The van der Waals surface area contributed by atoms with E-state index in [1.807, 2.05) is 0 Å². The minimum absolute atomic E-state index is 0.569. The third-order valence-corrected chi connectivity index (χ3v) is 3.06. The first-order chi connectivity index (χ1) is 4.15. The van der Waals surface area contributed by atoms with Crippen molar-refractivity contribution in [2.45, 2.75) is 31.3 Å². The number of hydrogen-bond donors (Lipinski definition) is 2. The molecule has 3 heteroatoms. The summed E-state index contributed by atoms with van der Waals surface area (Å²) in [7, 11) is 0. The summed E-state index contributed by atoms with van der Waals surface area (Å²) in [6, 6.07) is 0. The van der Waals surface area contributed by atoms with Gasteiger partial charge in [-0.25, -0.2) is 0 Å². The van der Waals surface area contributed by atoms with Crippen LogP contribution in [0.5, 0.6) is 0 Å². The van der Waals surface area contributed by atoms with Gasteiger partial charge in [-0.2, -0.15) is 0 Å². The summed E-state index contributed by atoms with van der Waals surface area (Å²) in [4.78, 5) is 0. The summed E-state index contributed by atoms with van der Waals surface area (Å²) in [5.41, 5.74) is -0.660. The van der Waals surface area contributed by atoms with E-state index in [1.165, 1.54) is 0 Å². The van der Waals surface area contributed by atoms with E-state index in [-0.39, 0.29) is 0 Å². The van der Waals surface area contributed by atoms with Gasteiger partial charge in [-0.05, 0) is 17.4 Å². The molecule has 0 aromatic rings. The first-order valence-corrected chi connectivity index (χ1v) is 4.43. The van der Waals surface area contributed by atoms with E-state index in [9.17, 15) is 5.11 Å². The van der Waals surface area contributed by atoms with Gasteiger partial charge in [0.25, 0.3) is 16.3 Å². The molecule has 1 saturated carbocycles. The van der Waals surface area contributed by atoms with Gasteiger partial charge in [0.1, 0.15) is 0 Å². The minimum Gasteiger partial charge on any atom is -0.386 e. The molecule has 0 amide bonds. The fourth-order valence-corrected chi connectivity index (χ4v) is 1.83. The second kappa shape index (κ2) is 2.42. The van der Waals surface area contributed by atoms with Crippen LogP contribution in [0.25, 0.3) is 0 Å². The molecule has 0 bridgehead atoms. The summed E-state index contributed by atoms with van der Waals surface area (Å²) in [6.07, 6.45) is 3.85. The molecular formula is C6H12AlNO. The molecule has 0 aromatic heterocycles. The van der Waals surface area contributed by atoms with E-state index in [0.717, 1.165) is 42.0 Å². The second-order valence-corrected chi connectivity index (χ2v) is 3.86. The van der Waals surface area contributed by atoms with Crippen LogP contribution < -0.4 is 0 Å². The highest BCUT2D eigenvalue weighted by Gasteiger charge is 2.31. The maximum Gasteiger partial charge on any atom is 0.286 e. The Kier molecular flexibility index (Phi) is 1.95. The molecule has 0 aromatic carbocycles. The Morgan fingerprint density at radius 1 is 1.44 bits per heavy atom. The van der Waals surface area contributed by atoms with Crippen LogP contribution in [-0.4, -0.2) is 31.6 Å². The van der Waals surface area contributed by atoms with Gasteiger partial charge in [0, 0.05) is 0 Å². The van der Waals surface area contributed by atoms with Gasteiger partial charge in [0.05, 0.1) is 5.60 Å². The highest BCUT2D eigenvalue weighted by molar-refractivity contribution is 6.60. The van der Waals surface area contributed by atoms with E-state index in [0.29, 0.717) is 4.57 Å². The summed E-state index contributed by atoms with van der Waals surface area (Å²) in [5.74, 6) is 0. The zero-order valence-corrected chi connectivity index (χ0v) is 7.78. The van der Waals surface area contributed by atoms with Crippen LogP contribution >= 0.6 is 0 Å². The Balaban J connectivity index is 2.61. The molecule has 0 aliphatic heterocycles. The van der Waals surface area contributed by atoms with Crippen molar-refractivity contribution in [3.05, 3.63) is 0 Å². The van der Waals surface area contributed by atoms with Gasteiger partial charge in [-0.15, -0.1) is 0 Å². The van der Waals surface area contributed by atoms with Crippen LogP contribution in [0, 0.1) is 5.41 Å². The van der Waals surface area contributed by atoms with Crippen LogP contribution in [0.2, 0.25) is 0 Å². The average Bonchev–Trinajstić information content (AvgIpc) is 2.16.